The van der Waals surface area contributed by atoms with E-state index < -0.39 is 0 Å². The van der Waals surface area contributed by atoms with Crippen LogP contribution in [0.25, 0.3) is 0 Å². The van der Waals surface area contributed by atoms with Gasteiger partial charge >= 0.3 is 0 Å². The first-order valence-electron chi connectivity index (χ1n) is 5.64. The zero-order valence-electron chi connectivity index (χ0n) is 10.4. The van der Waals surface area contributed by atoms with Gasteiger partial charge in [-0.3, -0.25) is 4.68 Å². The average molecular weight is 329 g/mol. The number of anilines is 1. The lowest BCUT2D eigenvalue weighted by Crippen LogP contribution is -2.17. The fourth-order valence-corrected chi connectivity index (χ4v) is 2.94. The lowest BCUT2D eigenvalue weighted by molar-refractivity contribution is 0.766. The molecule has 0 aliphatic rings. The van der Waals surface area contributed by atoms with E-state index in [0.29, 0.717) is 0 Å². The molecule has 0 spiro atoms. The normalized spacial score (nSPS) is 10.7. The first-order valence-corrected chi connectivity index (χ1v) is 7.13. The second-order valence-electron chi connectivity index (χ2n) is 4.25. The van der Waals surface area contributed by atoms with Gasteiger partial charge in [-0.1, -0.05) is 33.6 Å². The summed E-state index contributed by atoms with van der Waals surface area (Å²) in [5, 5.41) is 5.72. The summed E-state index contributed by atoms with van der Waals surface area (Å²) >= 11 is 9.70. The fourth-order valence-electron chi connectivity index (χ4n) is 1.95. The van der Waals surface area contributed by atoms with E-state index in [1.807, 2.05) is 36.3 Å². The van der Waals surface area contributed by atoms with Gasteiger partial charge in [0.2, 0.25) is 0 Å². The Kier molecular flexibility index (Phi) is 4.30. The van der Waals surface area contributed by atoms with Gasteiger partial charge in [-0.25, -0.2) is 0 Å². The molecule has 0 aliphatic heterocycles. The fraction of sp³-hybridized carbons (Fsp3) is 0.308. The van der Waals surface area contributed by atoms with Crippen molar-refractivity contribution in [2.75, 3.05) is 11.9 Å². The van der Waals surface area contributed by atoms with Crippen LogP contribution in [0.15, 0.2) is 30.6 Å². The summed E-state index contributed by atoms with van der Waals surface area (Å²) in [6.45, 7) is 0.814. The molecule has 0 radical (unpaired) electrons. The smallest absolute Gasteiger partial charge is 0.0539 e. The Balaban J connectivity index is 2.23. The maximum absolute atomic E-state index is 6.21. The zero-order valence-corrected chi connectivity index (χ0v) is 12.7. The van der Waals surface area contributed by atoms with Gasteiger partial charge in [0, 0.05) is 54.0 Å². The molecule has 0 amide bonds. The molecule has 0 atom stereocenters. The maximum Gasteiger partial charge on any atom is 0.0539 e. The summed E-state index contributed by atoms with van der Waals surface area (Å²) < 4.78 is 1.81. The third kappa shape index (κ3) is 2.87. The zero-order chi connectivity index (χ0) is 13.1. The molecule has 0 saturated carbocycles. The molecule has 2 rings (SSSR count). The first kappa shape index (κ1) is 13.4. The monoisotopic (exact) mass is 327 g/mol. The molecular formula is C13H15BrClN3. The van der Waals surface area contributed by atoms with Crippen LogP contribution >= 0.6 is 27.5 Å². The third-order valence-corrected chi connectivity index (χ3v) is 3.73. The Morgan fingerprint density at radius 1 is 1.44 bits per heavy atom. The molecule has 2 aromatic rings. The predicted octanol–water partition coefficient (Wildman–Crippen LogP) is 3.60. The lowest BCUT2D eigenvalue weighted by Gasteiger charge is -2.22. The Labute approximate surface area is 120 Å². The van der Waals surface area contributed by atoms with Crippen molar-refractivity contribution >= 4 is 33.2 Å². The van der Waals surface area contributed by atoms with Crippen LogP contribution in [0.4, 0.5) is 5.69 Å². The number of rotatable bonds is 4. The third-order valence-electron chi connectivity index (χ3n) is 2.82. The minimum absolute atomic E-state index is 0.749. The highest BCUT2D eigenvalue weighted by Crippen LogP contribution is 2.29. The quantitative estimate of drug-likeness (QED) is 0.800. The van der Waals surface area contributed by atoms with Gasteiger partial charge in [0.1, 0.15) is 0 Å². The minimum atomic E-state index is 0.749. The highest BCUT2D eigenvalue weighted by molar-refractivity contribution is 9.08. The van der Waals surface area contributed by atoms with E-state index >= 15 is 0 Å². The molecule has 0 bridgehead atoms. The van der Waals surface area contributed by atoms with Gasteiger partial charge in [0.05, 0.1) is 6.20 Å². The van der Waals surface area contributed by atoms with E-state index in [4.69, 9.17) is 11.6 Å². The number of aromatic nitrogens is 2. The van der Waals surface area contributed by atoms with Crippen molar-refractivity contribution in [1.29, 1.82) is 0 Å². The largest absolute Gasteiger partial charge is 0.370 e. The summed E-state index contributed by atoms with van der Waals surface area (Å²) in [5.41, 5.74) is 3.44. The van der Waals surface area contributed by atoms with Crippen molar-refractivity contribution in [1.82, 2.24) is 9.78 Å². The lowest BCUT2D eigenvalue weighted by atomic mass is 10.1. The first-order chi connectivity index (χ1) is 8.61. The Morgan fingerprint density at radius 2 is 2.22 bits per heavy atom. The molecule has 0 N–H and O–H groups in total. The summed E-state index contributed by atoms with van der Waals surface area (Å²) in [4.78, 5) is 2.18. The number of alkyl halides is 1. The molecule has 1 heterocycles. The molecule has 3 nitrogen and oxygen atoms in total. The van der Waals surface area contributed by atoms with Gasteiger partial charge in [-0.05, 0) is 12.1 Å². The number of benzene rings is 1. The average Bonchev–Trinajstić information content (AvgIpc) is 2.74. The SMILES string of the molecule is CN(Cc1cnn(C)c1)c1cccc(Cl)c1CBr. The number of aryl methyl sites for hydroxylation is 1. The maximum atomic E-state index is 6.21. The van der Waals surface area contributed by atoms with Gasteiger partial charge in [0.25, 0.3) is 0 Å². The highest BCUT2D eigenvalue weighted by atomic mass is 79.9. The van der Waals surface area contributed by atoms with Crippen LogP contribution in [0.1, 0.15) is 11.1 Å². The Hall–Kier alpha value is -1.000. The summed E-state index contributed by atoms with van der Waals surface area (Å²) in [6.07, 6.45) is 3.91. The predicted molar refractivity (Wildman–Crippen MR) is 79.4 cm³/mol. The van der Waals surface area contributed by atoms with Gasteiger partial charge in [-0.2, -0.15) is 5.10 Å². The van der Waals surface area contributed by atoms with E-state index in [0.717, 1.165) is 28.1 Å². The number of hydrogen-bond donors (Lipinski definition) is 0. The van der Waals surface area contributed by atoms with Crippen LogP contribution in [0.3, 0.4) is 0 Å². The second kappa shape index (κ2) is 5.76. The van der Waals surface area contributed by atoms with E-state index in [9.17, 15) is 0 Å². The van der Waals surface area contributed by atoms with Gasteiger partial charge in [0.15, 0.2) is 0 Å². The summed E-state index contributed by atoms with van der Waals surface area (Å²) in [5.74, 6) is 0. The molecule has 5 heteroatoms. The van der Waals surface area contributed by atoms with Gasteiger partial charge < -0.3 is 4.90 Å². The molecule has 1 aromatic heterocycles. The number of halogens is 2. The molecular weight excluding hydrogens is 314 g/mol. The van der Waals surface area contributed by atoms with E-state index in [1.54, 1.807) is 0 Å². The molecule has 0 fully saturated rings. The van der Waals surface area contributed by atoms with Crippen LogP contribution in [0, 0.1) is 0 Å². The highest BCUT2D eigenvalue weighted by Gasteiger charge is 2.10. The molecule has 0 aliphatic carbocycles. The van der Waals surface area contributed by atoms with Crippen LogP contribution in [-0.4, -0.2) is 16.8 Å². The Bertz CT molecular complexity index is 539. The standard InChI is InChI=1S/C13H15BrClN3/c1-17(8-10-7-16-18(2)9-10)13-5-3-4-12(15)11(13)6-14/h3-5,7,9H,6,8H2,1-2H3. The van der Waals surface area contributed by atoms with Crippen molar-refractivity contribution in [3.05, 3.63) is 46.7 Å². The van der Waals surface area contributed by atoms with Crippen molar-refractivity contribution in [2.45, 2.75) is 11.9 Å². The summed E-state index contributed by atoms with van der Waals surface area (Å²) in [6, 6.07) is 5.97. The number of hydrogen-bond acceptors (Lipinski definition) is 2. The van der Waals surface area contributed by atoms with Crippen LogP contribution in [0.5, 0.6) is 0 Å². The molecule has 0 saturated heterocycles. The van der Waals surface area contributed by atoms with Crippen LogP contribution < -0.4 is 4.90 Å². The molecule has 1 aromatic carbocycles. The van der Waals surface area contributed by atoms with Crippen LogP contribution in [-0.2, 0) is 18.9 Å². The van der Waals surface area contributed by atoms with E-state index in [-0.39, 0.29) is 0 Å². The Morgan fingerprint density at radius 3 is 2.83 bits per heavy atom. The van der Waals surface area contributed by atoms with Gasteiger partial charge in [-0.15, -0.1) is 0 Å². The van der Waals surface area contributed by atoms with E-state index in [2.05, 4.69) is 39.0 Å². The molecule has 0 unspecified atom stereocenters. The van der Waals surface area contributed by atoms with Crippen LogP contribution in [0.2, 0.25) is 5.02 Å². The van der Waals surface area contributed by atoms with Crippen molar-refractivity contribution < 1.29 is 0 Å². The van der Waals surface area contributed by atoms with Crippen molar-refractivity contribution in [3.8, 4) is 0 Å². The van der Waals surface area contributed by atoms with Crippen molar-refractivity contribution in [3.63, 3.8) is 0 Å². The topological polar surface area (TPSA) is 21.1 Å². The van der Waals surface area contributed by atoms with Crippen molar-refractivity contribution in [2.24, 2.45) is 7.05 Å². The molecule has 96 valence electrons. The second-order valence-corrected chi connectivity index (χ2v) is 5.22. The number of nitrogens with zero attached hydrogens (tertiary/aromatic N) is 3. The minimum Gasteiger partial charge on any atom is -0.370 e. The summed E-state index contributed by atoms with van der Waals surface area (Å²) in [7, 11) is 3.98. The van der Waals surface area contributed by atoms with E-state index in [1.165, 1.54) is 5.56 Å². The molecule has 18 heavy (non-hydrogen) atoms.